The Labute approximate surface area is 131 Å². The van der Waals surface area contributed by atoms with Crippen LogP contribution >= 0.6 is 27.5 Å². The lowest BCUT2D eigenvalue weighted by atomic mass is 10.2. The van der Waals surface area contributed by atoms with E-state index in [9.17, 15) is 4.39 Å². The first kappa shape index (κ1) is 15.3. The SMILES string of the molecule is CNCc1ccc(OCc2ccc(F)c(Br)c2)c(Cl)c1. The van der Waals surface area contributed by atoms with Crippen LogP contribution in [0.1, 0.15) is 11.1 Å². The third-order valence-corrected chi connectivity index (χ3v) is 3.66. The topological polar surface area (TPSA) is 21.3 Å². The maximum Gasteiger partial charge on any atom is 0.138 e. The number of hydrogen-bond donors (Lipinski definition) is 1. The van der Waals surface area contributed by atoms with E-state index < -0.39 is 0 Å². The molecule has 0 amide bonds. The van der Waals surface area contributed by atoms with E-state index >= 15 is 0 Å². The molecule has 0 aliphatic heterocycles. The van der Waals surface area contributed by atoms with Gasteiger partial charge in [-0.1, -0.05) is 23.7 Å². The van der Waals surface area contributed by atoms with Gasteiger partial charge in [-0.05, 0) is 58.4 Å². The number of nitrogens with one attached hydrogen (secondary N) is 1. The molecule has 0 saturated carbocycles. The molecular formula is C15H14BrClFNO. The molecule has 20 heavy (non-hydrogen) atoms. The van der Waals surface area contributed by atoms with Crippen molar-refractivity contribution in [3.63, 3.8) is 0 Å². The predicted octanol–water partition coefficient (Wildman–Crippen LogP) is 4.54. The van der Waals surface area contributed by atoms with Crippen LogP contribution in [0.5, 0.6) is 5.75 Å². The fraction of sp³-hybridized carbons (Fsp3) is 0.200. The van der Waals surface area contributed by atoms with Crippen molar-refractivity contribution in [2.45, 2.75) is 13.2 Å². The number of hydrogen-bond acceptors (Lipinski definition) is 2. The molecule has 5 heteroatoms. The molecule has 0 aromatic heterocycles. The lowest BCUT2D eigenvalue weighted by molar-refractivity contribution is 0.306. The van der Waals surface area contributed by atoms with Crippen LogP contribution in [0.2, 0.25) is 5.02 Å². The highest BCUT2D eigenvalue weighted by Gasteiger charge is 2.05. The highest BCUT2D eigenvalue weighted by Crippen LogP contribution is 2.27. The van der Waals surface area contributed by atoms with Crippen LogP contribution in [0, 0.1) is 5.82 Å². The van der Waals surface area contributed by atoms with Gasteiger partial charge in [0.25, 0.3) is 0 Å². The largest absolute Gasteiger partial charge is 0.487 e. The minimum atomic E-state index is -0.289. The highest BCUT2D eigenvalue weighted by atomic mass is 79.9. The monoisotopic (exact) mass is 357 g/mol. The molecule has 0 heterocycles. The van der Waals surface area contributed by atoms with Crippen molar-refractivity contribution in [2.75, 3.05) is 7.05 Å². The van der Waals surface area contributed by atoms with Crippen molar-refractivity contribution < 1.29 is 9.13 Å². The van der Waals surface area contributed by atoms with Gasteiger partial charge in [-0.2, -0.15) is 0 Å². The zero-order valence-corrected chi connectivity index (χ0v) is 13.3. The Morgan fingerprint density at radius 1 is 1.20 bits per heavy atom. The van der Waals surface area contributed by atoms with E-state index in [0.717, 1.165) is 17.7 Å². The van der Waals surface area contributed by atoms with Crippen molar-refractivity contribution in [3.05, 3.63) is 62.8 Å². The van der Waals surface area contributed by atoms with E-state index in [1.165, 1.54) is 6.07 Å². The van der Waals surface area contributed by atoms with Crippen molar-refractivity contribution in [2.24, 2.45) is 0 Å². The van der Waals surface area contributed by atoms with Gasteiger partial charge in [-0.15, -0.1) is 0 Å². The van der Waals surface area contributed by atoms with Gasteiger partial charge in [0, 0.05) is 6.54 Å². The third kappa shape index (κ3) is 3.95. The molecule has 2 aromatic carbocycles. The summed E-state index contributed by atoms with van der Waals surface area (Å²) >= 11 is 9.32. The van der Waals surface area contributed by atoms with Crippen LogP contribution in [0.15, 0.2) is 40.9 Å². The summed E-state index contributed by atoms with van der Waals surface area (Å²) in [7, 11) is 1.88. The number of halogens is 3. The summed E-state index contributed by atoms with van der Waals surface area (Å²) in [4.78, 5) is 0. The molecule has 0 aliphatic carbocycles. The van der Waals surface area contributed by atoms with Crippen LogP contribution in [0.25, 0.3) is 0 Å². The van der Waals surface area contributed by atoms with Crippen LogP contribution in [0.3, 0.4) is 0 Å². The van der Waals surface area contributed by atoms with E-state index in [4.69, 9.17) is 16.3 Å². The summed E-state index contributed by atoms with van der Waals surface area (Å²) in [5, 5.41) is 3.63. The van der Waals surface area contributed by atoms with Gasteiger partial charge in [-0.25, -0.2) is 4.39 Å². The minimum Gasteiger partial charge on any atom is -0.487 e. The predicted molar refractivity (Wildman–Crippen MR) is 82.6 cm³/mol. The highest BCUT2D eigenvalue weighted by molar-refractivity contribution is 9.10. The Morgan fingerprint density at radius 2 is 1.95 bits per heavy atom. The molecule has 0 radical (unpaired) electrons. The molecule has 0 fully saturated rings. The van der Waals surface area contributed by atoms with Crippen molar-refractivity contribution >= 4 is 27.5 Å². The maximum atomic E-state index is 13.1. The van der Waals surface area contributed by atoms with Gasteiger partial charge >= 0.3 is 0 Å². The summed E-state index contributed by atoms with van der Waals surface area (Å²) in [6.07, 6.45) is 0. The quantitative estimate of drug-likeness (QED) is 0.847. The zero-order chi connectivity index (χ0) is 14.5. The standard InChI is InChI=1S/C15H14BrClFNO/c1-19-8-10-3-5-15(13(17)7-10)20-9-11-2-4-14(18)12(16)6-11/h2-7,19H,8-9H2,1H3. The van der Waals surface area contributed by atoms with Crippen LogP contribution in [-0.4, -0.2) is 7.05 Å². The lowest BCUT2D eigenvalue weighted by Crippen LogP contribution is -2.05. The Morgan fingerprint density at radius 3 is 2.60 bits per heavy atom. The molecule has 0 spiro atoms. The molecule has 0 atom stereocenters. The van der Waals surface area contributed by atoms with E-state index in [-0.39, 0.29) is 5.82 Å². The van der Waals surface area contributed by atoms with Crippen molar-refractivity contribution in [1.82, 2.24) is 5.32 Å². The second-order valence-electron chi connectivity index (χ2n) is 4.33. The van der Waals surface area contributed by atoms with Gasteiger partial charge in [0.2, 0.25) is 0 Å². The van der Waals surface area contributed by atoms with Crippen molar-refractivity contribution in [1.29, 1.82) is 0 Å². The summed E-state index contributed by atoms with van der Waals surface area (Å²) in [5.41, 5.74) is 1.96. The second kappa shape index (κ2) is 7.07. The Bertz CT molecular complexity index is 606. The summed E-state index contributed by atoms with van der Waals surface area (Å²) in [6.45, 7) is 1.09. The van der Waals surface area contributed by atoms with Crippen LogP contribution < -0.4 is 10.1 Å². The number of ether oxygens (including phenoxy) is 1. The van der Waals surface area contributed by atoms with Gasteiger partial charge in [0.05, 0.1) is 9.50 Å². The first-order chi connectivity index (χ1) is 9.60. The Hall–Kier alpha value is -1.10. The Kier molecular flexibility index (Phi) is 5.40. The average Bonchev–Trinajstić information content (AvgIpc) is 2.42. The van der Waals surface area contributed by atoms with E-state index in [1.54, 1.807) is 12.1 Å². The van der Waals surface area contributed by atoms with Gasteiger partial charge < -0.3 is 10.1 Å². The molecule has 0 saturated heterocycles. The van der Waals surface area contributed by atoms with E-state index in [2.05, 4.69) is 21.2 Å². The molecule has 0 aliphatic rings. The number of rotatable bonds is 5. The molecule has 2 nitrogen and oxygen atoms in total. The summed E-state index contributed by atoms with van der Waals surface area (Å²) < 4.78 is 19.2. The van der Waals surface area contributed by atoms with Gasteiger partial charge in [0.1, 0.15) is 18.2 Å². The molecule has 0 bridgehead atoms. The maximum absolute atomic E-state index is 13.1. The Balaban J connectivity index is 2.05. The smallest absolute Gasteiger partial charge is 0.138 e. The van der Waals surface area contributed by atoms with Crippen LogP contribution in [0.4, 0.5) is 4.39 Å². The normalized spacial score (nSPS) is 10.6. The fourth-order valence-electron chi connectivity index (χ4n) is 1.77. The van der Waals surface area contributed by atoms with E-state index in [1.807, 2.05) is 25.2 Å². The molecule has 1 N–H and O–H groups in total. The molecule has 0 unspecified atom stereocenters. The second-order valence-corrected chi connectivity index (χ2v) is 5.59. The third-order valence-electron chi connectivity index (χ3n) is 2.76. The van der Waals surface area contributed by atoms with Crippen molar-refractivity contribution in [3.8, 4) is 5.75 Å². The fourth-order valence-corrected chi connectivity index (χ4v) is 2.45. The molecule has 2 aromatic rings. The zero-order valence-electron chi connectivity index (χ0n) is 10.9. The average molecular weight is 359 g/mol. The number of benzene rings is 2. The molecule has 106 valence electrons. The first-order valence-electron chi connectivity index (χ1n) is 6.10. The minimum absolute atomic E-state index is 0.289. The van der Waals surface area contributed by atoms with Gasteiger partial charge in [-0.3, -0.25) is 0 Å². The van der Waals surface area contributed by atoms with E-state index in [0.29, 0.717) is 21.9 Å². The lowest BCUT2D eigenvalue weighted by Gasteiger charge is -2.10. The molecule has 2 rings (SSSR count). The summed E-state index contributed by atoms with van der Waals surface area (Å²) in [6, 6.07) is 10.4. The molecular weight excluding hydrogens is 345 g/mol. The first-order valence-corrected chi connectivity index (χ1v) is 7.27. The summed E-state index contributed by atoms with van der Waals surface area (Å²) in [5.74, 6) is 0.329. The van der Waals surface area contributed by atoms with Crippen LogP contribution in [-0.2, 0) is 13.2 Å². The van der Waals surface area contributed by atoms with Gasteiger partial charge in [0.15, 0.2) is 0 Å².